The summed E-state index contributed by atoms with van der Waals surface area (Å²) in [7, 11) is 0. The molecule has 0 saturated carbocycles. The van der Waals surface area contributed by atoms with Crippen molar-refractivity contribution in [2.24, 2.45) is 4.99 Å². The Kier molecular flexibility index (Phi) is 4.85. The second kappa shape index (κ2) is 7.22. The van der Waals surface area contributed by atoms with Gasteiger partial charge in [0.2, 0.25) is 0 Å². The molecule has 0 aliphatic rings. The fourth-order valence-corrected chi connectivity index (χ4v) is 2.69. The van der Waals surface area contributed by atoms with Gasteiger partial charge in [-0.25, -0.2) is 0 Å². The van der Waals surface area contributed by atoms with Crippen LogP contribution in [0.5, 0.6) is 0 Å². The first kappa shape index (κ1) is 14.8. The number of aliphatic imine (C=N–C) groups is 1. The molecule has 0 saturated heterocycles. The summed E-state index contributed by atoms with van der Waals surface area (Å²) in [6, 6.07) is 29.2. The fraction of sp³-hybridized carbons (Fsp3) is 0.0500. The number of rotatable bonds is 4. The van der Waals surface area contributed by atoms with E-state index in [2.05, 4.69) is 81.7 Å². The molecule has 0 fully saturated rings. The van der Waals surface area contributed by atoms with Crippen LogP contribution in [0.3, 0.4) is 0 Å². The van der Waals surface area contributed by atoms with Crippen molar-refractivity contribution in [3.8, 4) is 11.1 Å². The summed E-state index contributed by atoms with van der Waals surface area (Å²) >= 11 is 3.07. The van der Waals surface area contributed by atoms with E-state index in [1.807, 2.05) is 24.3 Å². The predicted octanol–water partition coefficient (Wildman–Crippen LogP) is 4.47. The van der Waals surface area contributed by atoms with Crippen LogP contribution in [0.25, 0.3) is 11.1 Å². The van der Waals surface area contributed by atoms with Gasteiger partial charge in [-0.1, -0.05) is 0 Å². The molecule has 0 aliphatic heterocycles. The monoisotopic (exact) mass is 350 g/mol. The molecule has 0 unspecified atom stereocenters. The number of nitrogens with zero attached hydrogens (tertiary/aromatic N) is 1. The first-order valence-corrected chi connectivity index (χ1v) is 8.10. The van der Waals surface area contributed by atoms with Crippen LogP contribution in [0.15, 0.2) is 89.9 Å². The summed E-state index contributed by atoms with van der Waals surface area (Å²) in [5.74, 6) is 0. The van der Waals surface area contributed by atoms with Crippen molar-refractivity contribution in [2.75, 3.05) is 0 Å². The maximum atomic E-state index is 4.63. The molecule has 0 amide bonds. The summed E-state index contributed by atoms with van der Waals surface area (Å²) in [4.78, 5) is 4.63. The summed E-state index contributed by atoms with van der Waals surface area (Å²) in [5.41, 5.74) is 4.80. The minimum absolute atomic E-state index is 0.698. The third kappa shape index (κ3) is 3.73. The molecule has 2 heteroatoms. The van der Waals surface area contributed by atoms with Gasteiger partial charge in [0.25, 0.3) is 0 Å². The molecule has 107 valence electrons. The zero-order chi connectivity index (χ0) is 15.2. The van der Waals surface area contributed by atoms with E-state index in [1.54, 1.807) is 0 Å². The van der Waals surface area contributed by atoms with E-state index in [4.69, 9.17) is 0 Å². The van der Waals surface area contributed by atoms with E-state index in [9.17, 15) is 0 Å². The van der Waals surface area contributed by atoms with Gasteiger partial charge in [0.1, 0.15) is 0 Å². The van der Waals surface area contributed by atoms with Crippen molar-refractivity contribution in [3.05, 3.63) is 96.1 Å². The molecule has 3 aromatic carbocycles. The number of hydrogen-bond acceptors (Lipinski definition) is 1. The first-order valence-electron chi connectivity index (χ1n) is 7.24. The summed E-state index contributed by atoms with van der Waals surface area (Å²) in [6.45, 7) is 0.698. The quantitative estimate of drug-likeness (QED) is 0.487. The molecule has 0 heterocycles. The molecule has 0 atom stereocenters. The van der Waals surface area contributed by atoms with Gasteiger partial charge in [0.15, 0.2) is 0 Å². The first-order chi connectivity index (χ1) is 10.8. The molecule has 1 radical (unpaired) electrons. The Bertz CT molecular complexity index is 747. The van der Waals surface area contributed by atoms with Crippen LogP contribution in [0, 0.1) is 0 Å². The molecule has 0 spiro atoms. The van der Waals surface area contributed by atoms with Crippen molar-refractivity contribution >= 4 is 20.6 Å². The van der Waals surface area contributed by atoms with E-state index >= 15 is 0 Å². The Morgan fingerprint density at radius 3 is 1.86 bits per heavy atom. The van der Waals surface area contributed by atoms with Crippen molar-refractivity contribution in [3.63, 3.8) is 0 Å². The molecule has 22 heavy (non-hydrogen) atoms. The Morgan fingerprint density at radius 2 is 1.23 bits per heavy atom. The predicted molar refractivity (Wildman–Crippen MR) is 94.3 cm³/mol. The van der Waals surface area contributed by atoms with Crippen LogP contribution >= 0.6 is 0 Å². The van der Waals surface area contributed by atoms with E-state index in [0.29, 0.717) is 6.54 Å². The van der Waals surface area contributed by atoms with Gasteiger partial charge in [-0.15, -0.1) is 0 Å². The average molecular weight is 349 g/mol. The molecule has 3 aromatic rings. The van der Waals surface area contributed by atoms with Crippen LogP contribution in [0.1, 0.15) is 11.1 Å². The van der Waals surface area contributed by atoms with Crippen LogP contribution in [0.4, 0.5) is 0 Å². The van der Waals surface area contributed by atoms with Crippen molar-refractivity contribution in [1.29, 1.82) is 0 Å². The number of hydrogen-bond donors (Lipinski definition) is 0. The molecular formula is C20H16NSe. The number of benzene rings is 3. The van der Waals surface area contributed by atoms with Crippen molar-refractivity contribution in [2.45, 2.75) is 6.54 Å². The SMILES string of the molecule is [Se]C(=NCc1ccccc1)c1ccc(-c2ccccc2)cc1. The maximum absolute atomic E-state index is 4.63. The fourth-order valence-electron chi connectivity index (χ4n) is 2.27. The average Bonchev–Trinajstić information content (AvgIpc) is 2.61. The standard InChI is InChI=1S/C20H16NSe/c22-20(21-15-16-7-3-1-4-8-16)19-13-11-18(12-14-19)17-9-5-2-6-10-17/h1-14H,15H2. The summed E-state index contributed by atoms with van der Waals surface area (Å²) < 4.78 is 0.948. The van der Waals surface area contributed by atoms with Crippen LogP contribution < -0.4 is 0 Å². The van der Waals surface area contributed by atoms with Crippen molar-refractivity contribution < 1.29 is 0 Å². The molecular weight excluding hydrogens is 333 g/mol. The molecule has 3 rings (SSSR count). The zero-order valence-electron chi connectivity index (χ0n) is 12.1. The molecule has 0 aromatic heterocycles. The molecule has 0 aliphatic carbocycles. The Balaban J connectivity index is 1.75. The third-order valence-electron chi connectivity index (χ3n) is 3.49. The molecule has 1 nitrogen and oxygen atoms in total. The van der Waals surface area contributed by atoms with Gasteiger partial charge < -0.3 is 0 Å². The van der Waals surface area contributed by atoms with Crippen LogP contribution in [0.2, 0.25) is 0 Å². The normalized spacial score (nSPS) is 11.4. The van der Waals surface area contributed by atoms with Gasteiger partial charge in [-0.2, -0.15) is 0 Å². The summed E-state index contributed by atoms with van der Waals surface area (Å²) in [5, 5.41) is 0. The summed E-state index contributed by atoms with van der Waals surface area (Å²) in [6.07, 6.45) is 0. The molecule has 0 bridgehead atoms. The topological polar surface area (TPSA) is 12.4 Å². The van der Waals surface area contributed by atoms with Gasteiger partial charge in [-0.05, 0) is 0 Å². The van der Waals surface area contributed by atoms with Gasteiger partial charge in [-0.3, -0.25) is 0 Å². The Hall–Kier alpha value is -2.15. The van der Waals surface area contributed by atoms with E-state index < -0.39 is 0 Å². The zero-order valence-corrected chi connectivity index (χ0v) is 13.9. The van der Waals surface area contributed by atoms with Gasteiger partial charge in [0, 0.05) is 0 Å². The third-order valence-corrected chi connectivity index (χ3v) is 4.25. The van der Waals surface area contributed by atoms with Crippen molar-refractivity contribution in [1.82, 2.24) is 0 Å². The van der Waals surface area contributed by atoms with Crippen LogP contribution in [-0.4, -0.2) is 20.6 Å². The van der Waals surface area contributed by atoms with E-state index in [0.717, 1.165) is 10.2 Å². The minimum atomic E-state index is 0.698. The van der Waals surface area contributed by atoms with Gasteiger partial charge in [0.05, 0.1) is 0 Å². The Morgan fingerprint density at radius 1 is 0.682 bits per heavy atom. The molecule has 0 N–H and O–H groups in total. The second-order valence-electron chi connectivity index (χ2n) is 5.05. The Labute approximate surface area is 139 Å². The van der Waals surface area contributed by atoms with Crippen LogP contribution in [-0.2, 0) is 6.54 Å². The second-order valence-corrected chi connectivity index (χ2v) is 5.86. The van der Waals surface area contributed by atoms with Gasteiger partial charge >= 0.3 is 139 Å². The van der Waals surface area contributed by atoms with E-state index in [1.165, 1.54) is 16.7 Å². The van der Waals surface area contributed by atoms with E-state index in [-0.39, 0.29) is 0 Å².